The summed E-state index contributed by atoms with van der Waals surface area (Å²) in [5.41, 5.74) is 2.61. The summed E-state index contributed by atoms with van der Waals surface area (Å²) in [6, 6.07) is 0.447. The van der Waals surface area contributed by atoms with Crippen molar-refractivity contribution in [2.45, 2.75) is 70.3 Å². The normalized spacial score (nSPS) is 22.1. The Morgan fingerprint density at radius 2 is 1.65 bits per heavy atom. The van der Waals surface area contributed by atoms with Gasteiger partial charge in [-0.05, 0) is 38.5 Å². The number of aryl methyl sites for hydroxylation is 1. The summed E-state index contributed by atoms with van der Waals surface area (Å²) in [4.78, 5) is 12.4. The maximum atomic E-state index is 12.4. The maximum Gasteiger partial charge on any atom is 0.270 e. The quantitative estimate of drug-likeness (QED) is 0.745. The molecule has 0 bridgehead atoms. The molecule has 1 aromatic heterocycles. The van der Waals surface area contributed by atoms with Gasteiger partial charge in [-0.3, -0.25) is 9.89 Å². The van der Waals surface area contributed by atoms with E-state index in [4.69, 9.17) is 0 Å². The molecular weight excluding hydrogens is 212 g/mol. The third-order valence-electron chi connectivity index (χ3n) is 4.39. The van der Waals surface area contributed by atoms with Gasteiger partial charge in [0.15, 0.2) is 0 Å². The number of aromatic amines is 1. The average molecular weight is 234 g/mol. The fourth-order valence-corrected chi connectivity index (χ4v) is 3.38. The van der Waals surface area contributed by atoms with Crippen molar-refractivity contribution < 1.29 is 0 Å². The smallest absolute Gasteiger partial charge is 0.270 e. The third-order valence-corrected chi connectivity index (χ3v) is 4.39. The van der Waals surface area contributed by atoms with Crippen molar-refractivity contribution in [3.8, 4) is 0 Å². The number of fused-ring (bicyclic) bond motifs is 1. The zero-order valence-electron chi connectivity index (χ0n) is 10.5. The number of hydrogen-bond donors (Lipinski definition) is 1. The molecule has 0 radical (unpaired) electrons. The number of rotatable bonds is 1. The fraction of sp³-hybridized carbons (Fsp3) is 0.786. The van der Waals surface area contributed by atoms with Crippen LogP contribution in [0.2, 0.25) is 0 Å². The Morgan fingerprint density at radius 3 is 2.47 bits per heavy atom. The topological polar surface area (TPSA) is 37.8 Å². The van der Waals surface area contributed by atoms with E-state index in [-0.39, 0.29) is 5.56 Å². The predicted octanol–water partition coefficient (Wildman–Crippen LogP) is 2.95. The average Bonchev–Trinajstić information content (AvgIpc) is 2.56. The summed E-state index contributed by atoms with van der Waals surface area (Å²) in [5.74, 6) is 0. The van der Waals surface area contributed by atoms with E-state index in [1.165, 1.54) is 57.1 Å². The molecule has 3 heteroatoms. The molecule has 0 spiro atoms. The number of aromatic nitrogens is 2. The van der Waals surface area contributed by atoms with Crippen LogP contribution in [0.3, 0.4) is 0 Å². The van der Waals surface area contributed by atoms with Crippen LogP contribution in [0.5, 0.6) is 0 Å². The van der Waals surface area contributed by atoms with Gasteiger partial charge in [-0.25, -0.2) is 4.68 Å². The van der Waals surface area contributed by atoms with Crippen molar-refractivity contribution in [2.75, 3.05) is 0 Å². The lowest BCUT2D eigenvalue weighted by molar-refractivity contribution is 0.321. The van der Waals surface area contributed by atoms with E-state index in [0.717, 1.165) is 18.4 Å². The summed E-state index contributed by atoms with van der Waals surface area (Å²) in [6.07, 6.45) is 12.0. The molecule has 0 aliphatic heterocycles. The molecule has 1 N–H and O–H groups in total. The third kappa shape index (κ3) is 2.07. The molecule has 1 saturated carbocycles. The van der Waals surface area contributed by atoms with E-state index in [1.54, 1.807) is 0 Å². The molecule has 1 aromatic rings. The molecule has 3 nitrogen and oxygen atoms in total. The Kier molecular flexibility index (Phi) is 3.08. The molecule has 2 aliphatic carbocycles. The molecule has 0 amide bonds. The van der Waals surface area contributed by atoms with E-state index in [1.807, 2.05) is 4.68 Å². The first-order valence-corrected chi connectivity index (χ1v) is 7.18. The van der Waals surface area contributed by atoms with Crippen molar-refractivity contribution in [1.82, 2.24) is 9.78 Å². The van der Waals surface area contributed by atoms with Gasteiger partial charge in [-0.1, -0.05) is 25.7 Å². The van der Waals surface area contributed by atoms with Crippen LogP contribution in [0.1, 0.15) is 68.7 Å². The van der Waals surface area contributed by atoms with Crippen molar-refractivity contribution in [3.63, 3.8) is 0 Å². The minimum absolute atomic E-state index is 0.286. The van der Waals surface area contributed by atoms with Gasteiger partial charge < -0.3 is 0 Å². The van der Waals surface area contributed by atoms with Gasteiger partial charge in [0.25, 0.3) is 5.56 Å². The van der Waals surface area contributed by atoms with Crippen LogP contribution in [-0.2, 0) is 12.8 Å². The van der Waals surface area contributed by atoms with E-state index in [2.05, 4.69) is 5.10 Å². The SMILES string of the molecule is O=c1c2c([nH]n1C1CCCCC1)CCCCC2. The van der Waals surface area contributed by atoms with E-state index < -0.39 is 0 Å². The van der Waals surface area contributed by atoms with Crippen LogP contribution >= 0.6 is 0 Å². The largest absolute Gasteiger partial charge is 0.299 e. The Balaban J connectivity index is 1.92. The highest BCUT2D eigenvalue weighted by molar-refractivity contribution is 5.19. The fourth-order valence-electron chi connectivity index (χ4n) is 3.38. The van der Waals surface area contributed by atoms with Crippen LogP contribution in [-0.4, -0.2) is 9.78 Å². The van der Waals surface area contributed by atoms with Crippen LogP contribution < -0.4 is 5.56 Å². The summed E-state index contributed by atoms with van der Waals surface area (Å²) in [6.45, 7) is 0. The van der Waals surface area contributed by atoms with E-state index in [9.17, 15) is 4.79 Å². The van der Waals surface area contributed by atoms with Gasteiger partial charge >= 0.3 is 0 Å². The van der Waals surface area contributed by atoms with Gasteiger partial charge in [0.05, 0.1) is 6.04 Å². The summed E-state index contributed by atoms with van der Waals surface area (Å²) < 4.78 is 1.95. The first-order valence-electron chi connectivity index (χ1n) is 7.18. The number of hydrogen-bond acceptors (Lipinski definition) is 1. The van der Waals surface area contributed by atoms with Crippen LogP contribution in [0, 0.1) is 0 Å². The molecule has 2 aliphatic rings. The Morgan fingerprint density at radius 1 is 0.941 bits per heavy atom. The van der Waals surface area contributed by atoms with Crippen LogP contribution in [0.15, 0.2) is 4.79 Å². The molecule has 0 saturated heterocycles. The minimum Gasteiger partial charge on any atom is -0.299 e. The van der Waals surface area contributed by atoms with Crippen molar-refractivity contribution >= 4 is 0 Å². The Bertz CT molecular complexity index is 438. The predicted molar refractivity (Wildman–Crippen MR) is 68.4 cm³/mol. The van der Waals surface area contributed by atoms with Gasteiger partial charge in [0.1, 0.15) is 0 Å². The molecule has 3 rings (SSSR count). The highest BCUT2D eigenvalue weighted by atomic mass is 16.1. The lowest BCUT2D eigenvalue weighted by Gasteiger charge is -2.22. The number of nitrogens with one attached hydrogen (secondary N) is 1. The van der Waals surface area contributed by atoms with Gasteiger partial charge in [-0.15, -0.1) is 0 Å². The molecule has 0 aromatic carbocycles. The molecule has 1 fully saturated rings. The van der Waals surface area contributed by atoms with E-state index in [0.29, 0.717) is 6.04 Å². The first-order chi connectivity index (χ1) is 8.36. The molecule has 0 unspecified atom stereocenters. The highest BCUT2D eigenvalue weighted by Crippen LogP contribution is 2.27. The van der Waals surface area contributed by atoms with Crippen molar-refractivity contribution in [3.05, 3.63) is 21.6 Å². The summed E-state index contributed by atoms with van der Waals surface area (Å²) in [7, 11) is 0. The summed E-state index contributed by atoms with van der Waals surface area (Å²) >= 11 is 0. The highest BCUT2D eigenvalue weighted by Gasteiger charge is 2.22. The Hall–Kier alpha value is -0.990. The lowest BCUT2D eigenvalue weighted by atomic mass is 9.96. The van der Waals surface area contributed by atoms with Gasteiger partial charge in [0.2, 0.25) is 0 Å². The number of nitrogens with zero attached hydrogens (tertiary/aromatic N) is 1. The monoisotopic (exact) mass is 234 g/mol. The minimum atomic E-state index is 0.286. The standard InChI is InChI=1S/C14H22N2O/c17-14-12-9-5-2-6-10-13(12)15-16(14)11-7-3-1-4-8-11/h11,15H,1-10H2. The zero-order chi connectivity index (χ0) is 11.7. The molecule has 17 heavy (non-hydrogen) atoms. The second kappa shape index (κ2) is 4.71. The molecule has 0 atom stereocenters. The van der Waals surface area contributed by atoms with Gasteiger partial charge in [-0.2, -0.15) is 0 Å². The van der Waals surface area contributed by atoms with Crippen LogP contribution in [0.4, 0.5) is 0 Å². The second-order valence-electron chi connectivity index (χ2n) is 5.60. The Labute approximate surface area is 102 Å². The van der Waals surface area contributed by atoms with Crippen molar-refractivity contribution in [2.24, 2.45) is 0 Å². The maximum absolute atomic E-state index is 12.4. The lowest BCUT2D eigenvalue weighted by Crippen LogP contribution is -2.25. The zero-order valence-corrected chi connectivity index (χ0v) is 10.5. The molecular formula is C14H22N2O. The molecule has 1 heterocycles. The summed E-state index contributed by atoms with van der Waals surface area (Å²) in [5, 5.41) is 3.42. The first kappa shape index (κ1) is 11.1. The van der Waals surface area contributed by atoms with E-state index >= 15 is 0 Å². The second-order valence-corrected chi connectivity index (χ2v) is 5.60. The molecule has 94 valence electrons. The van der Waals surface area contributed by atoms with Gasteiger partial charge in [0, 0.05) is 11.3 Å². The van der Waals surface area contributed by atoms with Crippen LogP contribution in [0.25, 0.3) is 0 Å². The van der Waals surface area contributed by atoms with Crippen molar-refractivity contribution in [1.29, 1.82) is 0 Å². The number of H-pyrrole nitrogens is 1.